The molecular weight excluding hydrogens is 281 g/mol. The lowest BCUT2D eigenvalue weighted by molar-refractivity contribution is 0.144. The lowest BCUT2D eigenvalue weighted by Gasteiger charge is -2.45. The highest BCUT2D eigenvalue weighted by Crippen LogP contribution is 2.45. The molecule has 0 amide bonds. The summed E-state index contributed by atoms with van der Waals surface area (Å²) in [5.41, 5.74) is 1.54. The van der Waals surface area contributed by atoms with Crippen LogP contribution in [0.5, 0.6) is 0 Å². The molecule has 0 aromatic carbocycles. The molecule has 0 unspecified atom stereocenters. The van der Waals surface area contributed by atoms with Crippen LogP contribution in [0.4, 0.5) is 5.69 Å². The molecule has 1 aromatic heterocycles. The van der Waals surface area contributed by atoms with Gasteiger partial charge in [0.25, 0.3) is 0 Å². The Balaban J connectivity index is 1.71. The monoisotopic (exact) mass is 299 g/mol. The molecule has 104 valence electrons. The van der Waals surface area contributed by atoms with E-state index in [1.807, 2.05) is 6.07 Å². The molecular formula is C14H19Cl2N3. The lowest BCUT2D eigenvalue weighted by atomic mass is 9.68. The Labute approximate surface area is 124 Å². The third-order valence-corrected chi connectivity index (χ3v) is 5.23. The Hall–Kier alpha value is -0.540. The minimum atomic E-state index is 0.414. The zero-order chi connectivity index (χ0) is 13.3. The van der Waals surface area contributed by atoms with Crippen LogP contribution in [-0.2, 0) is 0 Å². The first-order valence-electron chi connectivity index (χ1n) is 7.12. The summed E-state index contributed by atoms with van der Waals surface area (Å²) in [5, 5.41) is 8.55. The van der Waals surface area contributed by atoms with Crippen LogP contribution >= 0.6 is 23.2 Å². The molecule has 5 heteroatoms. The molecule has 3 nitrogen and oxygen atoms in total. The van der Waals surface area contributed by atoms with Crippen molar-refractivity contribution in [1.82, 2.24) is 10.2 Å². The van der Waals surface area contributed by atoms with Gasteiger partial charge in [0.2, 0.25) is 0 Å². The topological polar surface area (TPSA) is 29.0 Å². The van der Waals surface area contributed by atoms with Gasteiger partial charge in [-0.05, 0) is 31.1 Å². The van der Waals surface area contributed by atoms with Gasteiger partial charge in [-0.3, -0.25) is 0 Å². The van der Waals surface area contributed by atoms with Crippen molar-refractivity contribution in [3.8, 4) is 0 Å². The minimum absolute atomic E-state index is 0.414. The molecule has 2 fully saturated rings. The van der Waals surface area contributed by atoms with Crippen LogP contribution in [0.1, 0.15) is 44.9 Å². The zero-order valence-electron chi connectivity index (χ0n) is 11.0. The quantitative estimate of drug-likeness (QED) is 0.773. The summed E-state index contributed by atoms with van der Waals surface area (Å²) < 4.78 is 0. The van der Waals surface area contributed by atoms with Crippen LogP contribution in [0.15, 0.2) is 6.07 Å². The molecule has 1 aliphatic carbocycles. The maximum absolute atomic E-state index is 6.13. The summed E-state index contributed by atoms with van der Waals surface area (Å²) >= 11 is 12.1. The standard InChI is InChI=1S/C14H19Cl2N3/c15-12-10-11(13(16)18-17-12)19-8-6-14(7-9-19)4-2-1-3-5-14/h10H,1-9H2. The summed E-state index contributed by atoms with van der Waals surface area (Å²) in [4.78, 5) is 2.31. The molecule has 1 aliphatic heterocycles. The first-order valence-corrected chi connectivity index (χ1v) is 7.88. The number of nitrogens with zero attached hydrogens (tertiary/aromatic N) is 3. The van der Waals surface area contributed by atoms with Crippen LogP contribution < -0.4 is 4.90 Å². The largest absolute Gasteiger partial charge is 0.369 e. The Kier molecular flexibility index (Phi) is 3.86. The van der Waals surface area contributed by atoms with Crippen molar-refractivity contribution in [1.29, 1.82) is 0 Å². The van der Waals surface area contributed by atoms with Crippen molar-refractivity contribution in [2.75, 3.05) is 18.0 Å². The fraction of sp³-hybridized carbons (Fsp3) is 0.714. The molecule has 0 radical (unpaired) electrons. The number of piperidine rings is 1. The van der Waals surface area contributed by atoms with Gasteiger partial charge >= 0.3 is 0 Å². The van der Waals surface area contributed by atoms with E-state index in [0.717, 1.165) is 18.8 Å². The summed E-state index contributed by atoms with van der Waals surface area (Å²) in [5.74, 6) is 0. The van der Waals surface area contributed by atoms with E-state index in [1.54, 1.807) is 0 Å². The average molecular weight is 300 g/mol. The Morgan fingerprint density at radius 2 is 1.63 bits per heavy atom. The van der Waals surface area contributed by atoms with Gasteiger partial charge in [0.05, 0.1) is 5.69 Å². The third kappa shape index (κ3) is 2.82. The van der Waals surface area contributed by atoms with E-state index >= 15 is 0 Å². The van der Waals surface area contributed by atoms with E-state index in [-0.39, 0.29) is 0 Å². The SMILES string of the molecule is Clc1cc(N2CCC3(CCCCC3)CC2)c(Cl)nn1. The molecule has 2 heterocycles. The summed E-state index contributed by atoms with van der Waals surface area (Å²) in [7, 11) is 0. The number of halogens is 2. The van der Waals surface area contributed by atoms with E-state index in [1.165, 1.54) is 44.9 Å². The van der Waals surface area contributed by atoms with Gasteiger partial charge in [0, 0.05) is 19.2 Å². The number of anilines is 1. The van der Waals surface area contributed by atoms with Gasteiger partial charge in [-0.15, -0.1) is 10.2 Å². The van der Waals surface area contributed by atoms with Gasteiger partial charge in [0.15, 0.2) is 10.3 Å². The molecule has 0 bridgehead atoms. The molecule has 1 spiro atoms. The molecule has 1 aromatic rings. The van der Waals surface area contributed by atoms with Crippen molar-refractivity contribution in [2.24, 2.45) is 5.41 Å². The van der Waals surface area contributed by atoms with Crippen molar-refractivity contribution in [2.45, 2.75) is 44.9 Å². The van der Waals surface area contributed by atoms with E-state index in [4.69, 9.17) is 23.2 Å². The molecule has 0 N–H and O–H groups in total. The second-order valence-corrected chi connectivity index (χ2v) is 6.64. The summed E-state index contributed by atoms with van der Waals surface area (Å²) in [6, 6.07) is 1.83. The fourth-order valence-electron chi connectivity index (χ4n) is 3.59. The molecule has 0 atom stereocenters. The van der Waals surface area contributed by atoms with Crippen LogP contribution in [0.25, 0.3) is 0 Å². The minimum Gasteiger partial charge on any atom is -0.369 e. The first-order chi connectivity index (χ1) is 9.19. The molecule has 1 saturated heterocycles. The maximum Gasteiger partial charge on any atom is 0.175 e. The highest BCUT2D eigenvalue weighted by Gasteiger charge is 2.35. The molecule has 3 rings (SSSR count). The zero-order valence-corrected chi connectivity index (χ0v) is 12.6. The van der Waals surface area contributed by atoms with Gasteiger partial charge in [-0.25, -0.2) is 0 Å². The first kappa shape index (κ1) is 13.4. The van der Waals surface area contributed by atoms with Crippen molar-refractivity contribution in [3.05, 3.63) is 16.4 Å². The average Bonchev–Trinajstić information content (AvgIpc) is 2.44. The Morgan fingerprint density at radius 1 is 0.947 bits per heavy atom. The van der Waals surface area contributed by atoms with Crippen LogP contribution in [0.2, 0.25) is 10.3 Å². The van der Waals surface area contributed by atoms with E-state index in [0.29, 0.717) is 15.7 Å². The molecule has 1 saturated carbocycles. The predicted molar refractivity (Wildman–Crippen MR) is 79.0 cm³/mol. The molecule has 19 heavy (non-hydrogen) atoms. The number of rotatable bonds is 1. The number of hydrogen-bond acceptors (Lipinski definition) is 3. The van der Waals surface area contributed by atoms with Crippen molar-refractivity contribution < 1.29 is 0 Å². The third-order valence-electron chi connectivity index (χ3n) is 4.78. The lowest BCUT2D eigenvalue weighted by Crippen LogP contribution is -2.41. The number of hydrogen-bond donors (Lipinski definition) is 0. The van der Waals surface area contributed by atoms with Gasteiger partial charge in [-0.1, -0.05) is 42.5 Å². The van der Waals surface area contributed by atoms with Crippen molar-refractivity contribution >= 4 is 28.9 Å². The van der Waals surface area contributed by atoms with Gasteiger partial charge < -0.3 is 4.90 Å². The van der Waals surface area contributed by atoms with Crippen molar-refractivity contribution in [3.63, 3.8) is 0 Å². The highest BCUT2D eigenvalue weighted by atomic mass is 35.5. The second kappa shape index (κ2) is 5.45. The van der Waals surface area contributed by atoms with E-state index in [9.17, 15) is 0 Å². The fourth-order valence-corrected chi connectivity index (χ4v) is 3.94. The predicted octanol–water partition coefficient (Wildman–Crippen LogP) is 4.33. The van der Waals surface area contributed by atoms with E-state index < -0.39 is 0 Å². The van der Waals surface area contributed by atoms with Gasteiger partial charge in [-0.2, -0.15) is 0 Å². The molecule has 2 aliphatic rings. The summed E-state index contributed by atoms with van der Waals surface area (Å²) in [6.07, 6.45) is 9.58. The van der Waals surface area contributed by atoms with Gasteiger partial charge in [0.1, 0.15) is 0 Å². The second-order valence-electron chi connectivity index (χ2n) is 5.89. The maximum atomic E-state index is 6.13. The number of aromatic nitrogens is 2. The van der Waals surface area contributed by atoms with Crippen LogP contribution in [0.3, 0.4) is 0 Å². The van der Waals surface area contributed by atoms with Crippen LogP contribution in [0, 0.1) is 5.41 Å². The van der Waals surface area contributed by atoms with Crippen LogP contribution in [-0.4, -0.2) is 23.3 Å². The Morgan fingerprint density at radius 3 is 2.32 bits per heavy atom. The highest BCUT2D eigenvalue weighted by molar-refractivity contribution is 6.33. The van der Waals surface area contributed by atoms with E-state index in [2.05, 4.69) is 15.1 Å². The summed E-state index contributed by atoms with van der Waals surface area (Å²) in [6.45, 7) is 2.11. The Bertz CT molecular complexity index is 448. The normalized spacial score (nSPS) is 22.7. The smallest absolute Gasteiger partial charge is 0.175 e.